The zero-order valence-corrected chi connectivity index (χ0v) is 22.2. The summed E-state index contributed by atoms with van der Waals surface area (Å²) in [7, 11) is 1.58. The molecule has 8 heteroatoms. The van der Waals surface area contributed by atoms with Gasteiger partial charge in [-0.3, -0.25) is 14.4 Å². The number of fused-ring (bicyclic) bond motifs is 1. The molecule has 38 heavy (non-hydrogen) atoms. The van der Waals surface area contributed by atoms with Crippen molar-refractivity contribution in [1.82, 2.24) is 10.2 Å². The molecule has 1 spiro atoms. The second-order valence-electron chi connectivity index (χ2n) is 11.7. The number of carbonyl (C=O) groups is 3. The van der Waals surface area contributed by atoms with Crippen LogP contribution in [0.3, 0.4) is 0 Å². The van der Waals surface area contributed by atoms with E-state index >= 15 is 0 Å². The lowest BCUT2D eigenvalue weighted by molar-refractivity contribution is -0.144. The predicted molar refractivity (Wildman–Crippen MR) is 142 cm³/mol. The Hall–Kier alpha value is -2.87. The number of rotatable bonds is 6. The maximum absolute atomic E-state index is 14.3. The van der Waals surface area contributed by atoms with Crippen LogP contribution < -0.4 is 15.4 Å². The van der Waals surface area contributed by atoms with Gasteiger partial charge in [0.25, 0.3) is 0 Å². The molecular weight excluding hydrogens is 482 g/mol. The van der Waals surface area contributed by atoms with Crippen LogP contribution in [0.1, 0.15) is 70.6 Å². The van der Waals surface area contributed by atoms with E-state index in [0.29, 0.717) is 11.4 Å². The number of methoxy groups -OCH3 is 1. The van der Waals surface area contributed by atoms with Crippen molar-refractivity contribution in [2.75, 3.05) is 12.4 Å². The van der Waals surface area contributed by atoms with E-state index in [1.807, 2.05) is 29.2 Å². The normalized spacial score (nSPS) is 33.2. The number of benzene rings is 1. The van der Waals surface area contributed by atoms with Crippen LogP contribution in [0.2, 0.25) is 0 Å². The standard InChI is InChI=1S/C30H39N3O5/c1-37-22-15-9-12-20(18-22)32-27(34)24-23-16-17-30(38-23)25(24)29(36)33(21-13-7-2-3-8-14-21)26(30)28(35)31-19-10-5-4-6-11-19/h9,12,15-19,21,23-26H,2-8,10-11,13-14H2,1H3,(H,31,35)(H,32,34)/t23-,24?,25-,26?,30?/m0/s1. The van der Waals surface area contributed by atoms with Crippen molar-refractivity contribution < 1.29 is 23.9 Å². The van der Waals surface area contributed by atoms with Gasteiger partial charge < -0.3 is 25.0 Å². The largest absolute Gasteiger partial charge is 0.497 e. The fourth-order valence-electron chi connectivity index (χ4n) is 7.59. The highest BCUT2D eigenvalue weighted by Crippen LogP contribution is 2.56. The van der Waals surface area contributed by atoms with Gasteiger partial charge in [-0.05, 0) is 37.8 Å². The summed E-state index contributed by atoms with van der Waals surface area (Å²) in [6.07, 6.45) is 14.8. The van der Waals surface area contributed by atoms with Crippen LogP contribution >= 0.6 is 0 Å². The SMILES string of the molecule is COc1cccc(NC(=O)C2[C@@H]3C=CC4(O3)C(C(=O)NC3CCCCC3)N(C3CCCCCC3)C(=O)[C@H]24)c1. The van der Waals surface area contributed by atoms with Crippen LogP contribution in [-0.4, -0.2) is 59.6 Å². The molecule has 2 N–H and O–H groups in total. The summed E-state index contributed by atoms with van der Waals surface area (Å²) >= 11 is 0. The minimum absolute atomic E-state index is 0.00905. The summed E-state index contributed by atoms with van der Waals surface area (Å²) in [5.74, 6) is -1.27. The number of hydrogen-bond donors (Lipinski definition) is 2. The van der Waals surface area contributed by atoms with Gasteiger partial charge in [-0.1, -0.05) is 63.2 Å². The zero-order chi connectivity index (χ0) is 26.3. The van der Waals surface area contributed by atoms with Gasteiger partial charge in [0.1, 0.15) is 17.4 Å². The number of anilines is 1. The van der Waals surface area contributed by atoms with E-state index in [0.717, 1.165) is 64.2 Å². The van der Waals surface area contributed by atoms with Crippen LogP contribution in [0, 0.1) is 11.8 Å². The maximum atomic E-state index is 14.3. The average molecular weight is 522 g/mol. The summed E-state index contributed by atoms with van der Waals surface area (Å²) < 4.78 is 11.8. The molecule has 6 rings (SSSR count). The van der Waals surface area contributed by atoms with Crippen LogP contribution in [0.15, 0.2) is 36.4 Å². The summed E-state index contributed by atoms with van der Waals surface area (Å²) in [4.78, 5) is 43.8. The molecule has 0 radical (unpaired) electrons. The molecule has 204 valence electrons. The molecule has 5 atom stereocenters. The lowest BCUT2D eigenvalue weighted by Gasteiger charge is -2.37. The van der Waals surface area contributed by atoms with E-state index in [2.05, 4.69) is 10.6 Å². The predicted octanol–water partition coefficient (Wildman–Crippen LogP) is 3.96. The smallest absolute Gasteiger partial charge is 0.246 e. The fourth-order valence-corrected chi connectivity index (χ4v) is 7.59. The highest BCUT2D eigenvalue weighted by atomic mass is 16.5. The summed E-state index contributed by atoms with van der Waals surface area (Å²) in [6, 6.07) is 6.56. The number of hydrogen-bond acceptors (Lipinski definition) is 5. The van der Waals surface area contributed by atoms with Crippen molar-refractivity contribution in [2.24, 2.45) is 11.8 Å². The first-order valence-electron chi connectivity index (χ1n) is 14.5. The molecule has 8 nitrogen and oxygen atoms in total. The van der Waals surface area contributed by atoms with Crippen molar-refractivity contribution in [3.05, 3.63) is 36.4 Å². The molecule has 1 aromatic rings. The Morgan fingerprint density at radius 2 is 1.71 bits per heavy atom. The maximum Gasteiger partial charge on any atom is 0.246 e. The fraction of sp³-hybridized carbons (Fsp3) is 0.633. The molecule has 3 aliphatic heterocycles. The third kappa shape index (κ3) is 4.31. The van der Waals surface area contributed by atoms with Crippen LogP contribution in [0.4, 0.5) is 5.69 Å². The number of likely N-dealkylation sites (tertiary alicyclic amines) is 1. The second kappa shape index (κ2) is 10.4. The van der Waals surface area contributed by atoms with Crippen molar-refractivity contribution >= 4 is 23.4 Å². The lowest BCUT2D eigenvalue weighted by Crippen LogP contribution is -2.58. The molecule has 2 saturated carbocycles. The number of amides is 3. The van der Waals surface area contributed by atoms with E-state index < -0.39 is 29.6 Å². The number of nitrogens with zero attached hydrogens (tertiary/aromatic N) is 1. The first-order valence-corrected chi connectivity index (χ1v) is 14.5. The van der Waals surface area contributed by atoms with Gasteiger partial charge >= 0.3 is 0 Å². The van der Waals surface area contributed by atoms with Crippen LogP contribution in [-0.2, 0) is 19.1 Å². The van der Waals surface area contributed by atoms with Crippen LogP contribution in [0.5, 0.6) is 5.75 Å². The minimum Gasteiger partial charge on any atom is -0.497 e. The second-order valence-corrected chi connectivity index (χ2v) is 11.7. The van der Waals surface area contributed by atoms with Crippen molar-refractivity contribution in [2.45, 2.75) is 100 Å². The van der Waals surface area contributed by atoms with Crippen molar-refractivity contribution in [3.63, 3.8) is 0 Å². The Kier molecular flexibility index (Phi) is 6.93. The van der Waals surface area contributed by atoms with Gasteiger partial charge in [0.15, 0.2) is 0 Å². The van der Waals surface area contributed by atoms with Gasteiger partial charge in [0, 0.05) is 23.8 Å². The number of nitrogens with one attached hydrogen (secondary N) is 2. The summed E-state index contributed by atoms with van der Waals surface area (Å²) in [5, 5.41) is 6.28. The van der Waals surface area contributed by atoms with Gasteiger partial charge in [0.2, 0.25) is 17.7 Å². The monoisotopic (exact) mass is 521 g/mol. The zero-order valence-electron chi connectivity index (χ0n) is 22.2. The number of ether oxygens (including phenoxy) is 2. The first kappa shape index (κ1) is 25.4. The van der Waals surface area contributed by atoms with Crippen molar-refractivity contribution in [3.8, 4) is 5.75 Å². The molecule has 2 saturated heterocycles. The summed E-state index contributed by atoms with van der Waals surface area (Å²) in [5.41, 5.74) is -0.503. The molecule has 4 fully saturated rings. The Bertz CT molecular complexity index is 1110. The van der Waals surface area contributed by atoms with Gasteiger partial charge in [0.05, 0.1) is 25.0 Å². The molecule has 1 aromatic carbocycles. The van der Waals surface area contributed by atoms with E-state index in [4.69, 9.17) is 9.47 Å². The Morgan fingerprint density at radius 3 is 2.45 bits per heavy atom. The van der Waals surface area contributed by atoms with Gasteiger partial charge in [-0.2, -0.15) is 0 Å². The third-order valence-corrected chi connectivity index (χ3v) is 9.37. The molecule has 5 aliphatic rings. The summed E-state index contributed by atoms with van der Waals surface area (Å²) in [6.45, 7) is 0. The molecule has 2 aliphatic carbocycles. The minimum atomic E-state index is -1.11. The quantitative estimate of drug-likeness (QED) is 0.436. The molecule has 0 aromatic heterocycles. The third-order valence-electron chi connectivity index (χ3n) is 9.37. The van der Waals surface area contributed by atoms with E-state index in [1.165, 1.54) is 6.42 Å². The molecule has 3 amide bonds. The van der Waals surface area contributed by atoms with Crippen molar-refractivity contribution in [1.29, 1.82) is 0 Å². The molecular formula is C30H39N3O5. The highest BCUT2D eigenvalue weighted by molar-refractivity contribution is 6.03. The highest BCUT2D eigenvalue weighted by Gasteiger charge is 2.73. The van der Waals surface area contributed by atoms with Gasteiger partial charge in [-0.15, -0.1) is 0 Å². The molecule has 3 unspecified atom stereocenters. The topological polar surface area (TPSA) is 97.0 Å². The van der Waals surface area contributed by atoms with E-state index in [-0.39, 0.29) is 29.8 Å². The Balaban J connectivity index is 1.31. The van der Waals surface area contributed by atoms with Crippen LogP contribution in [0.25, 0.3) is 0 Å². The van der Waals surface area contributed by atoms with E-state index in [1.54, 1.807) is 19.2 Å². The first-order chi connectivity index (χ1) is 18.5. The number of carbonyl (C=O) groups excluding carboxylic acids is 3. The van der Waals surface area contributed by atoms with Gasteiger partial charge in [-0.25, -0.2) is 0 Å². The Morgan fingerprint density at radius 1 is 1.00 bits per heavy atom. The average Bonchev–Trinajstić information content (AvgIpc) is 3.48. The molecule has 3 heterocycles. The Labute approximate surface area is 224 Å². The lowest BCUT2D eigenvalue weighted by atomic mass is 9.74. The van der Waals surface area contributed by atoms with E-state index in [9.17, 15) is 14.4 Å². The molecule has 2 bridgehead atoms.